The van der Waals surface area contributed by atoms with Gasteiger partial charge < -0.3 is 19.7 Å². The van der Waals surface area contributed by atoms with Crippen molar-refractivity contribution in [3.05, 3.63) is 29.3 Å². The molecule has 0 saturated carbocycles. The molecule has 2 heterocycles. The van der Waals surface area contributed by atoms with E-state index in [0.717, 1.165) is 25.3 Å². The maximum absolute atomic E-state index is 12.7. The number of rotatable bonds is 3. The Labute approximate surface area is 131 Å². The number of carbonyl (C=O) groups excluding carboxylic acids is 1. The summed E-state index contributed by atoms with van der Waals surface area (Å²) in [5.41, 5.74) is 2.50. The van der Waals surface area contributed by atoms with E-state index in [0.29, 0.717) is 19.8 Å². The molecule has 1 aromatic rings. The SMILES string of the molecule is CCOc1ccc2c(c1)CN(C(=O)[C@H]1NCCO[C@@H]1C)CC2. The maximum Gasteiger partial charge on any atom is 0.242 e. The molecular weight excluding hydrogens is 280 g/mol. The minimum atomic E-state index is -0.231. The third kappa shape index (κ3) is 3.10. The minimum absolute atomic E-state index is 0.0718. The van der Waals surface area contributed by atoms with E-state index in [1.54, 1.807) is 0 Å². The van der Waals surface area contributed by atoms with Crippen LogP contribution in [-0.2, 0) is 22.5 Å². The Morgan fingerprint density at radius 3 is 3.09 bits per heavy atom. The first-order valence-electron chi connectivity index (χ1n) is 8.07. The number of nitrogens with zero attached hydrogens (tertiary/aromatic N) is 1. The zero-order valence-corrected chi connectivity index (χ0v) is 13.3. The summed E-state index contributed by atoms with van der Waals surface area (Å²) in [4.78, 5) is 14.7. The highest BCUT2D eigenvalue weighted by molar-refractivity contribution is 5.83. The van der Waals surface area contributed by atoms with Crippen LogP contribution in [0, 0.1) is 0 Å². The van der Waals surface area contributed by atoms with Gasteiger partial charge >= 0.3 is 0 Å². The Hall–Kier alpha value is -1.59. The summed E-state index contributed by atoms with van der Waals surface area (Å²) in [7, 11) is 0. The van der Waals surface area contributed by atoms with Crippen LogP contribution in [0.1, 0.15) is 25.0 Å². The molecule has 3 rings (SSSR count). The molecule has 1 aromatic carbocycles. The Balaban J connectivity index is 1.72. The van der Waals surface area contributed by atoms with Gasteiger partial charge in [-0.3, -0.25) is 4.79 Å². The van der Waals surface area contributed by atoms with E-state index in [1.165, 1.54) is 11.1 Å². The van der Waals surface area contributed by atoms with Crippen LogP contribution in [0.15, 0.2) is 18.2 Å². The number of fused-ring (bicyclic) bond motifs is 1. The van der Waals surface area contributed by atoms with Gasteiger partial charge in [0.1, 0.15) is 11.8 Å². The van der Waals surface area contributed by atoms with Crippen LogP contribution in [0.2, 0.25) is 0 Å². The predicted molar refractivity (Wildman–Crippen MR) is 83.9 cm³/mol. The van der Waals surface area contributed by atoms with E-state index in [2.05, 4.69) is 17.4 Å². The van der Waals surface area contributed by atoms with Crippen LogP contribution in [0.25, 0.3) is 0 Å². The zero-order valence-electron chi connectivity index (χ0n) is 13.3. The molecule has 0 aromatic heterocycles. The van der Waals surface area contributed by atoms with Crippen LogP contribution in [-0.4, -0.2) is 49.3 Å². The fraction of sp³-hybridized carbons (Fsp3) is 0.588. The Morgan fingerprint density at radius 1 is 1.45 bits per heavy atom. The second-order valence-electron chi connectivity index (χ2n) is 5.88. The Morgan fingerprint density at radius 2 is 2.32 bits per heavy atom. The highest BCUT2D eigenvalue weighted by atomic mass is 16.5. The Kier molecular flexibility index (Phi) is 4.64. The van der Waals surface area contributed by atoms with Gasteiger partial charge in [-0.25, -0.2) is 0 Å². The predicted octanol–water partition coefficient (Wildman–Crippen LogP) is 1.35. The smallest absolute Gasteiger partial charge is 0.242 e. The highest BCUT2D eigenvalue weighted by Gasteiger charge is 2.33. The average molecular weight is 304 g/mol. The maximum atomic E-state index is 12.7. The molecular formula is C17H24N2O3. The quantitative estimate of drug-likeness (QED) is 0.916. The summed E-state index contributed by atoms with van der Waals surface area (Å²) in [5.74, 6) is 1.02. The number of morpholine rings is 1. The van der Waals surface area contributed by atoms with Crippen molar-refractivity contribution < 1.29 is 14.3 Å². The lowest BCUT2D eigenvalue weighted by atomic mass is 9.98. The van der Waals surface area contributed by atoms with Gasteiger partial charge in [0.05, 0.1) is 19.3 Å². The molecule has 22 heavy (non-hydrogen) atoms. The second-order valence-corrected chi connectivity index (χ2v) is 5.88. The topological polar surface area (TPSA) is 50.8 Å². The van der Waals surface area contributed by atoms with Gasteiger partial charge in [0, 0.05) is 19.6 Å². The van der Waals surface area contributed by atoms with Crippen molar-refractivity contribution in [3.63, 3.8) is 0 Å². The number of hydrogen-bond acceptors (Lipinski definition) is 4. The largest absolute Gasteiger partial charge is 0.494 e. The van der Waals surface area contributed by atoms with Gasteiger partial charge in [0.15, 0.2) is 0 Å². The van der Waals surface area contributed by atoms with Crippen molar-refractivity contribution in [1.82, 2.24) is 10.2 Å². The number of ether oxygens (including phenoxy) is 2. The number of benzene rings is 1. The molecule has 2 aliphatic heterocycles. The van der Waals surface area contributed by atoms with Crippen molar-refractivity contribution in [3.8, 4) is 5.75 Å². The van der Waals surface area contributed by atoms with Gasteiger partial charge in [-0.15, -0.1) is 0 Å². The van der Waals surface area contributed by atoms with Crippen LogP contribution in [0.5, 0.6) is 5.75 Å². The number of carbonyl (C=O) groups is 1. The summed E-state index contributed by atoms with van der Waals surface area (Å²) in [6.07, 6.45) is 0.826. The van der Waals surface area contributed by atoms with Crippen molar-refractivity contribution in [2.45, 2.75) is 39.0 Å². The third-order valence-corrected chi connectivity index (χ3v) is 4.40. The molecule has 2 atom stereocenters. The van der Waals surface area contributed by atoms with Gasteiger partial charge in [-0.1, -0.05) is 6.07 Å². The fourth-order valence-corrected chi connectivity index (χ4v) is 3.18. The normalized spacial score (nSPS) is 24.7. The number of hydrogen-bond donors (Lipinski definition) is 1. The van der Waals surface area contributed by atoms with Crippen molar-refractivity contribution >= 4 is 5.91 Å². The molecule has 120 valence electrons. The minimum Gasteiger partial charge on any atom is -0.494 e. The van der Waals surface area contributed by atoms with E-state index in [1.807, 2.05) is 24.8 Å². The molecule has 2 aliphatic rings. The molecule has 5 heteroatoms. The lowest BCUT2D eigenvalue weighted by Crippen LogP contribution is -2.57. The fourth-order valence-electron chi connectivity index (χ4n) is 3.18. The third-order valence-electron chi connectivity index (χ3n) is 4.40. The molecule has 0 aliphatic carbocycles. The van der Waals surface area contributed by atoms with Gasteiger partial charge in [-0.2, -0.15) is 0 Å². The number of amides is 1. The lowest BCUT2D eigenvalue weighted by molar-refractivity contribution is -0.140. The van der Waals surface area contributed by atoms with E-state index in [4.69, 9.17) is 9.47 Å². The van der Waals surface area contributed by atoms with Crippen molar-refractivity contribution in [2.75, 3.05) is 26.3 Å². The number of nitrogens with one attached hydrogen (secondary N) is 1. The van der Waals surface area contributed by atoms with Crippen LogP contribution in [0.3, 0.4) is 0 Å². The van der Waals surface area contributed by atoms with Crippen molar-refractivity contribution in [1.29, 1.82) is 0 Å². The first kappa shape index (κ1) is 15.3. The van der Waals surface area contributed by atoms with Crippen LogP contribution >= 0.6 is 0 Å². The molecule has 1 fully saturated rings. The average Bonchev–Trinajstić information content (AvgIpc) is 2.54. The monoisotopic (exact) mass is 304 g/mol. The van der Waals surface area contributed by atoms with E-state index < -0.39 is 0 Å². The highest BCUT2D eigenvalue weighted by Crippen LogP contribution is 2.25. The van der Waals surface area contributed by atoms with Crippen LogP contribution < -0.4 is 10.1 Å². The van der Waals surface area contributed by atoms with Gasteiger partial charge in [-0.05, 0) is 43.5 Å². The summed E-state index contributed by atoms with van der Waals surface area (Å²) in [5, 5.41) is 3.28. The summed E-state index contributed by atoms with van der Waals surface area (Å²) >= 11 is 0. The first-order valence-corrected chi connectivity index (χ1v) is 8.07. The molecule has 1 saturated heterocycles. The Bertz CT molecular complexity index is 547. The molecule has 1 N–H and O–H groups in total. The summed E-state index contributed by atoms with van der Waals surface area (Å²) < 4.78 is 11.2. The van der Waals surface area contributed by atoms with Gasteiger partial charge in [0.2, 0.25) is 5.91 Å². The molecule has 0 spiro atoms. The van der Waals surface area contributed by atoms with Gasteiger partial charge in [0.25, 0.3) is 0 Å². The standard InChI is InChI=1S/C17H24N2O3/c1-3-21-15-5-4-13-6-8-19(11-14(13)10-15)17(20)16-12(2)22-9-7-18-16/h4-5,10,12,16,18H,3,6-9,11H2,1-2H3/t12-,16+/m1/s1. The van der Waals surface area contributed by atoms with E-state index in [-0.39, 0.29) is 18.1 Å². The van der Waals surface area contributed by atoms with E-state index in [9.17, 15) is 4.79 Å². The lowest BCUT2D eigenvalue weighted by Gasteiger charge is -2.36. The van der Waals surface area contributed by atoms with Crippen molar-refractivity contribution in [2.24, 2.45) is 0 Å². The molecule has 5 nitrogen and oxygen atoms in total. The molecule has 0 bridgehead atoms. The summed E-state index contributed by atoms with van der Waals surface area (Å²) in [6.45, 7) is 7.42. The molecule has 0 unspecified atom stereocenters. The molecule has 1 amide bonds. The molecule has 0 radical (unpaired) electrons. The summed E-state index contributed by atoms with van der Waals surface area (Å²) in [6, 6.07) is 5.96. The second kappa shape index (κ2) is 6.67. The zero-order chi connectivity index (χ0) is 15.5. The first-order chi connectivity index (χ1) is 10.7. The van der Waals surface area contributed by atoms with E-state index >= 15 is 0 Å². The van der Waals surface area contributed by atoms with Crippen LogP contribution in [0.4, 0.5) is 0 Å².